The minimum absolute atomic E-state index is 0.0987. The van der Waals surface area contributed by atoms with Gasteiger partial charge in [-0.15, -0.1) is 0 Å². The van der Waals surface area contributed by atoms with Crippen LogP contribution in [0.4, 0.5) is 5.69 Å². The lowest BCUT2D eigenvalue weighted by Gasteiger charge is -2.08. The van der Waals surface area contributed by atoms with Gasteiger partial charge in [0.05, 0.1) is 12.8 Å². The predicted molar refractivity (Wildman–Crippen MR) is 82.2 cm³/mol. The molecule has 7 heteroatoms. The first kappa shape index (κ1) is 14.3. The highest BCUT2D eigenvalue weighted by molar-refractivity contribution is 7.82. The fraction of sp³-hybridized carbons (Fsp3) is 0.182. The van der Waals surface area contributed by atoms with Crippen LogP contribution >= 0.6 is 24.4 Å². The van der Waals surface area contributed by atoms with Gasteiger partial charge in [0.25, 0.3) is 0 Å². The van der Waals surface area contributed by atoms with Gasteiger partial charge in [-0.05, 0) is 43.4 Å². The Bertz CT molecular complexity index is 470. The average molecular weight is 282 g/mol. The molecule has 0 aliphatic carbocycles. The number of rotatable bonds is 4. The number of benzene rings is 1. The lowest BCUT2D eigenvalue weighted by Crippen LogP contribution is -2.28. The summed E-state index contributed by atoms with van der Waals surface area (Å²) < 4.78 is 5.06. The first-order chi connectivity index (χ1) is 8.52. The van der Waals surface area contributed by atoms with Crippen LogP contribution in [0.2, 0.25) is 0 Å². The van der Waals surface area contributed by atoms with Crippen LogP contribution < -0.4 is 21.2 Å². The third-order valence-electron chi connectivity index (χ3n) is 2.01. The van der Waals surface area contributed by atoms with E-state index < -0.39 is 0 Å². The molecule has 0 spiro atoms. The molecular weight excluding hydrogens is 268 g/mol. The molecule has 0 aromatic heterocycles. The van der Waals surface area contributed by atoms with Crippen LogP contribution in [-0.2, 0) is 0 Å². The fourth-order valence-electron chi connectivity index (χ4n) is 1.09. The van der Waals surface area contributed by atoms with Crippen LogP contribution in [0.25, 0.3) is 0 Å². The minimum atomic E-state index is 0.0987. The number of ether oxygens (including phenoxy) is 1. The van der Waals surface area contributed by atoms with E-state index in [1.807, 2.05) is 24.3 Å². The van der Waals surface area contributed by atoms with E-state index in [4.69, 9.17) is 22.7 Å². The van der Waals surface area contributed by atoms with Crippen molar-refractivity contribution in [2.45, 2.75) is 6.92 Å². The van der Waals surface area contributed by atoms with Gasteiger partial charge in [-0.25, -0.2) is 0 Å². The van der Waals surface area contributed by atoms with Crippen molar-refractivity contribution in [3.8, 4) is 5.75 Å². The van der Waals surface area contributed by atoms with Crippen LogP contribution in [0.1, 0.15) is 6.92 Å². The molecule has 0 saturated heterocycles. The summed E-state index contributed by atoms with van der Waals surface area (Å²) in [7, 11) is 1.62. The Hall–Kier alpha value is -1.73. The van der Waals surface area contributed by atoms with Crippen molar-refractivity contribution in [3.63, 3.8) is 0 Å². The van der Waals surface area contributed by atoms with Crippen molar-refractivity contribution in [3.05, 3.63) is 24.3 Å². The molecule has 0 unspecified atom stereocenters. The Balaban J connectivity index is 2.63. The SMILES string of the molecule is COc1ccc(NC(=S)C(C)=NNC(N)=S)cc1. The number of nitrogens with one attached hydrogen (secondary N) is 2. The summed E-state index contributed by atoms with van der Waals surface area (Å²) in [4.78, 5) is 0.490. The number of hydrazone groups is 1. The lowest BCUT2D eigenvalue weighted by molar-refractivity contribution is 0.415. The van der Waals surface area contributed by atoms with Gasteiger partial charge in [0, 0.05) is 5.69 Å². The zero-order valence-corrected chi connectivity index (χ0v) is 11.7. The molecule has 5 nitrogen and oxygen atoms in total. The monoisotopic (exact) mass is 282 g/mol. The molecule has 18 heavy (non-hydrogen) atoms. The fourth-order valence-corrected chi connectivity index (χ4v) is 1.29. The lowest BCUT2D eigenvalue weighted by atomic mass is 10.3. The first-order valence-electron chi connectivity index (χ1n) is 5.08. The zero-order chi connectivity index (χ0) is 13.5. The quantitative estimate of drug-likeness (QED) is 0.443. The molecule has 4 N–H and O–H groups in total. The number of hydrogen-bond acceptors (Lipinski definition) is 4. The van der Waals surface area contributed by atoms with Gasteiger partial charge in [0.1, 0.15) is 10.7 Å². The standard InChI is InChI=1S/C11H14N4OS2/c1-7(14-15-11(12)18)10(17)13-8-3-5-9(16-2)6-4-8/h3-6H,1-2H3,(H,13,17)(H3,12,15,18). The Morgan fingerprint density at radius 1 is 1.28 bits per heavy atom. The molecule has 0 bridgehead atoms. The van der Waals surface area contributed by atoms with E-state index in [1.54, 1.807) is 14.0 Å². The Morgan fingerprint density at radius 3 is 2.39 bits per heavy atom. The summed E-state index contributed by atoms with van der Waals surface area (Å²) >= 11 is 9.81. The predicted octanol–water partition coefficient (Wildman–Crippen LogP) is 1.64. The van der Waals surface area contributed by atoms with Gasteiger partial charge in [-0.2, -0.15) is 5.10 Å². The maximum absolute atomic E-state index is 5.26. The molecule has 0 fully saturated rings. The second-order valence-electron chi connectivity index (χ2n) is 3.36. The summed E-state index contributed by atoms with van der Waals surface area (Å²) in [6.07, 6.45) is 0. The van der Waals surface area contributed by atoms with Crippen LogP contribution in [0.15, 0.2) is 29.4 Å². The second-order valence-corrected chi connectivity index (χ2v) is 4.20. The number of methoxy groups -OCH3 is 1. The van der Waals surface area contributed by atoms with E-state index in [0.717, 1.165) is 11.4 Å². The third-order valence-corrected chi connectivity index (χ3v) is 2.50. The topological polar surface area (TPSA) is 71.7 Å². The van der Waals surface area contributed by atoms with Gasteiger partial charge < -0.3 is 15.8 Å². The van der Waals surface area contributed by atoms with E-state index in [0.29, 0.717) is 10.7 Å². The Morgan fingerprint density at radius 2 is 1.89 bits per heavy atom. The van der Waals surface area contributed by atoms with E-state index in [1.165, 1.54) is 0 Å². The average Bonchev–Trinajstić information content (AvgIpc) is 2.36. The highest BCUT2D eigenvalue weighted by Gasteiger charge is 2.02. The molecule has 0 atom stereocenters. The molecule has 1 aromatic carbocycles. The molecule has 0 radical (unpaired) electrons. The number of thiocarbonyl (C=S) groups is 2. The summed E-state index contributed by atoms with van der Waals surface area (Å²) in [5.74, 6) is 0.784. The highest BCUT2D eigenvalue weighted by Crippen LogP contribution is 2.15. The smallest absolute Gasteiger partial charge is 0.184 e. The molecule has 0 aliphatic heterocycles. The van der Waals surface area contributed by atoms with Crippen molar-refractivity contribution >= 4 is 45.9 Å². The van der Waals surface area contributed by atoms with Crippen LogP contribution in [0, 0.1) is 0 Å². The number of nitrogens with zero attached hydrogens (tertiary/aromatic N) is 1. The summed E-state index contributed by atoms with van der Waals surface area (Å²) in [6, 6.07) is 7.40. The molecule has 1 aromatic rings. The van der Waals surface area contributed by atoms with E-state index in [2.05, 4.69) is 28.1 Å². The number of hydrogen-bond donors (Lipinski definition) is 3. The summed E-state index contributed by atoms with van der Waals surface area (Å²) in [5.41, 5.74) is 9.18. The molecule has 0 aliphatic rings. The molecule has 96 valence electrons. The van der Waals surface area contributed by atoms with Gasteiger partial charge in [0.15, 0.2) is 5.11 Å². The third kappa shape index (κ3) is 4.64. The van der Waals surface area contributed by atoms with E-state index in [-0.39, 0.29) is 5.11 Å². The molecule has 0 heterocycles. The summed E-state index contributed by atoms with van der Waals surface area (Å²) in [5, 5.41) is 7.06. The van der Waals surface area contributed by atoms with Gasteiger partial charge in [0.2, 0.25) is 0 Å². The Kier molecular flexibility index (Phi) is 5.47. The van der Waals surface area contributed by atoms with Crippen LogP contribution in [0.5, 0.6) is 5.75 Å². The van der Waals surface area contributed by atoms with E-state index in [9.17, 15) is 0 Å². The Labute approximate surface area is 116 Å². The molecule has 0 amide bonds. The van der Waals surface area contributed by atoms with Gasteiger partial charge >= 0.3 is 0 Å². The second kappa shape index (κ2) is 6.87. The minimum Gasteiger partial charge on any atom is -0.497 e. The summed E-state index contributed by atoms with van der Waals surface area (Å²) in [6.45, 7) is 1.75. The number of anilines is 1. The molecule has 1 rings (SSSR count). The zero-order valence-electron chi connectivity index (χ0n) is 10.1. The van der Waals surface area contributed by atoms with Gasteiger partial charge in [-0.3, -0.25) is 5.43 Å². The van der Waals surface area contributed by atoms with E-state index >= 15 is 0 Å². The van der Waals surface area contributed by atoms with Crippen LogP contribution in [0.3, 0.4) is 0 Å². The molecule has 0 saturated carbocycles. The van der Waals surface area contributed by atoms with Crippen molar-refractivity contribution in [2.75, 3.05) is 12.4 Å². The van der Waals surface area contributed by atoms with Gasteiger partial charge in [-0.1, -0.05) is 12.2 Å². The maximum atomic E-state index is 5.26. The van der Waals surface area contributed by atoms with Crippen molar-refractivity contribution in [1.82, 2.24) is 5.43 Å². The molecular formula is C11H14N4OS2. The first-order valence-corrected chi connectivity index (χ1v) is 5.89. The largest absolute Gasteiger partial charge is 0.497 e. The van der Waals surface area contributed by atoms with Crippen LogP contribution in [-0.4, -0.2) is 22.9 Å². The van der Waals surface area contributed by atoms with Crippen molar-refractivity contribution in [1.29, 1.82) is 0 Å². The number of nitrogens with two attached hydrogens (primary N) is 1. The maximum Gasteiger partial charge on any atom is 0.184 e. The highest BCUT2D eigenvalue weighted by atomic mass is 32.1. The normalized spacial score (nSPS) is 10.7. The van der Waals surface area contributed by atoms with Crippen molar-refractivity contribution < 1.29 is 4.74 Å². The van der Waals surface area contributed by atoms with Crippen molar-refractivity contribution in [2.24, 2.45) is 10.8 Å².